The van der Waals surface area contributed by atoms with E-state index in [2.05, 4.69) is 9.72 Å². The summed E-state index contributed by atoms with van der Waals surface area (Å²) in [5, 5.41) is 0. The molecule has 1 rings (SSSR count). The molecule has 0 saturated carbocycles. The monoisotopic (exact) mass is 247 g/mol. The van der Waals surface area contributed by atoms with E-state index >= 15 is 0 Å². The quantitative estimate of drug-likeness (QED) is 0.309. The summed E-state index contributed by atoms with van der Waals surface area (Å²) in [5.74, 6) is 0.481. The Morgan fingerprint density at radius 3 is 2.62 bits per heavy atom. The van der Waals surface area contributed by atoms with Crippen LogP contribution in [0.4, 0.5) is 11.8 Å². The molecule has 8 nitrogen and oxygen atoms in total. The fourth-order valence-electron chi connectivity index (χ4n) is 1.00. The van der Waals surface area contributed by atoms with Gasteiger partial charge < -0.3 is 25.2 Å². The maximum atomic E-state index is 10.2. The second-order valence-corrected chi connectivity index (χ2v) is 4.53. The topological polar surface area (TPSA) is 147 Å². The minimum atomic E-state index is -4.61. The van der Waals surface area contributed by atoms with E-state index in [1.54, 1.807) is 12.3 Å². The number of nitrogens with zero attached hydrogens (tertiary/aromatic N) is 2. The summed E-state index contributed by atoms with van der Waals surface area (Å²) >= 11 is 0. The van der Waals surface area contributed by atoms with Gasteiger partial charge in [-0.1, -0.05) is 4.98 Å². The van der Waals surface area contributed by atoms with Crippen LogP contribution in [0.3, 0.4) is 0 Å². The maximum absolute atomic E-state index is 10.2. The van der Waals surface area contributed by atoms with Crippen molar-refractivity contribution in [1.82, 2.24) is 4.98 Å². The first-order valence-corrected chi connectivity index (χ1v) is 6.11. The molecule has 1 heterocycles. The van der Waals surface area contributed by atoms with Gasteiger partial charge in [-0.15, -0.1) is 7.94 Å². The zero-order valence-corrected chi connectivity index (χ0v) is 9.30. The molecule has 0 fully saturated rings. The summed E-state index contributed by atoms with van der Waals surface area (Å²) in [6.07, 6.45) is 0.769. The zero-order valence-electron chi connectivity index (χ0n) is 8.41. The van der Waals surface area contributed by atoms with Crippen molar-refractivity contribution in [2.45, 2.75) is 6.54 Å². The molecule has 0 aliphatic heterocycles. The molecule has 0 amide bonds. The lowest BCUT2D eigenvalue weighted by Gasteiger charge is -2.40. The number of aromatic nitrogens is 2. The van der Waals surface area contributed by atoms with E-state index < -0.39 is 14.3 Å². The Morgan fingerprint density at radius 2 is 2.06 bits per heavy atom. The second kappa shape index (κ2) is 5.33. The highest BCUT2D eigenvalue weighted by atomic mass is 31.2. The minimum absolute atomic E-state index is 0.0505. The maximum Gasteiger partial charge on any atom is 0.391 e. The number of nitrogen functional groups attached to an aromatic ring is 2. The van der Waals surface area contributed by atoms with Gasteiger partial charge in [0.15, 0.2) is 0 Å². The molecule has 0 radical (unpaired) electrons. The Hall–Kier alpha value is -1.05. The molecule has 0 aliphatic rings. The van der Waals surface area contributed by atoms with Gasteiger partial charge in [0.05, 0.1) is 19.3 Å². The van der Waals surface area contributed by atoms with Gasteiger partial charge in [0.1, 0.15) is 6.35 Å². The molecule has 1 aromatic rings. The predicted octanol–water partition coefficient (Wildman–Crippen LogP) is -3.65. The normalized spacial score (nSPS) is 11.7. The van der Waals surface area contributed by atoms with Crippen LogP contribution in [-0.2, 0) is 11.3 Å². The molecule has 4 N–H and O–H groups in total. The van der Waals surface area contributed by atoms with Crippen molar-refractivity contribution in [3.63, 3.8) is 0 Å². The number of rotatable bonds is 5. The minimum Gasteiger partial charge on any atom is -0.686 e. The lowest BCUT2D eigenvalue weighted by Crippen LogP contribution is -2.41. The number of nitrogens with two attached hydrogens (primary N) is 2. The first kappa shape index (κ1) is 13.0. The fourth-order valence-corrected chi connectivity index (χ4v) is 1.36. The van der Waals surface area contributed by atoms with Gasteiger partial charge in [0.25, 0.3) is 0 Å². The average molecular weight is 247 g/mol. The molecule has 16 heavy (non-hydrogen) atoms. The van der Waals surface area contributed by atoms with Crippen LogP contribution in [0.25, 0.3) is 0 Å². The second-order valence-electron chi connectivity index (χ2n) is 3.05. The van der Waals surface area contributed by atoms with E-state index in [9.17, 15) is 14.7 Å². The predicted molar refractivity (Wildman–Crippen MR) is 51.0 cm³/mol. The van der Waals surface area contributed by atoms with Crippen molar-refractivity contribution in [1.29, 1.82) is 0 Å². The summed E-state index contributed by atoms with van der Waals surface area (Å²) in [6.45, 7) is 0.341. The van der Waals surface area contributed by atoms with Crippen molar-refractivity contribution >= 4 is 19.7 Å². The lowest BCUT2D eigenvalue weighted by molar-refractivity contribution is -0.686. The molecule has 0 unspecified atom stereocenters. The average Bonchev–Trinajstić information content (AvgIpc) is 2.13. The molecular formula is C7H12N4O4P-. The third-order valence-corrected chi connectivity index (χ3v) is 2.19. The number of hydrogen-bond donors (Lipinski definition) is 2. The van der Waals surface area contributed by atoms with Crippen LogP contribution in [0.2, 0.25) is 0 Å². The standard InChI is InChI=1S/C7H13N4O4P/c8-6-1-2-11(7(9)10-6)3-4-15-5-16(12,13)14/h1-2H,3-5H2,(H5,8,9,10,12,13,14)/p-1. The molecule has 0 spiro atoms. The molecule has 9 heteroatoms. The van der Waals surface area contributed by atoms with Gasteiger partial charge >= 0.3 is 5.95 Å². The van der Waals surface area contributed by atoms with E-state index in [-0.39, 0.29) is 12.6 Å². The third-order valence-electron chi connectivity index (χ3n) is 1.69. The highest BCUT2D eigenvalue weighted by Crippen LogP contribution is 2.26. The molecular weight excluding hydrogens is 235 g/mol. The van der Waals surface area contributed by atoms with Crippen molar-refractivity contribution < 1.29 is 24.0 Å². The smallest absolute Gasteiger partial charge is 0.391 e. The van der Waals surface area contributed by atoms with Crippen LogP contribution in [0, 0.1) is 0 Å². The third kappa shape index (κ3) is 4.65. The first-order valence-electron chi connectivity index (χ1n) is 4.39. The van der Waals surface area contributed by atoms with E-state index in [1.165, 1.54) is 4.57 Å². The van der Waals surface area contributed by atoms with Gasteiger partial charge in [0.2, 0.25) is 5.82 Å². The van der Waals surface area contributed by atoms with Crippen molar-refractivity contribution in [3.05, 3.63) is 12.3 Å². The van der Waals surface area contributed by atoms with Gasteiger partial charge in [-0.05, 0) is 0 Å². The Labute approximate surface area is 92.7 Å². The highest BCUT2D eigenvalue weighted by molar-refractivity contribution is 7.53. The van der Waals surface area contributed by atoms with Crippen LogP contribution in [0.1, 0.15) is 0 Å². The Bertz CT molecular complexity index is 357. The molecule has 90 valence electrons. The van der Waals surface area contributed by atoms with Gasteiger partial charge in [-0.25, -0.2) is 4.57 Å². The first-order chi connectivity index (χ1) is 7.38. The van der Waals surface area contributed by atoms with Crippen LogP contribution < -0.4 is 30.7 Å². The SMILES string of the molecule is Nc1cc[n+](CCOC[P+]([O-])([O-])[O-])c(N)n1. The zero-order chi connectivity index (χ0) is 12.2. The number of hydrogen-bond acceptors (Lipinski definition) is 7. The lowest BCUT2D eigenvalue weighted by atomic mass is 10.5. The number of anilines is 2. The number of ether oxygens (including phenoxy) is 1. The van der Waals surface area contributed by atoms with Crippen molar-refractivity contribution in [3.8, 4) is 0 Å². The van der Waals surface area contributed by atoms with Gasteiger partial charge in [-0.3, -0.25) is 5.73 Å². The van der Waals surface area contributed by atoms with E-state index in [0.29, 0.717) is 12.4 Å². The molecule has 1 aromatic heterocycles. The van der Waals surface area contributed by atoms with Crippen molar-refractivity contribution in [2.24, 2.45) is 0 Å². The van der Waals surface area contributed by atoms with Crippen molar-refractivity contribution in [2.75, 3.05) is 24.4 Å². The van der Waals surface area contributed by atoms with Gasteiger partial charge in [-0.2, -0.15) is 0 Å². The van der Waals surface area contributed by atoms with E-state index in [0.717, 1.165) is 0 Å². The summed E-state index contributed by atoms with van der Waals surface area (Å²) in [5.41, 5.74) is 10.9. The van der Waals surface area contributed by atoms with Crippen LogP contribution in [-0.4, -0.2) is 17.9 Å². The highest BCUT2D eigenvalue weighted by Gasteiger charge is 2.07. The molecule has 0 bridgehead atoms. The molecule has 0 saturated heterocycles. The fraction of sp³-hybridized carbons (Fsp3) is 0.429. The van der Waals surface area contributed by atoms with E-state index in [4.69, 9.17) is 11.5 Å². The Kier molecular flexibility index (Phi) is 4.34. The Balaban J connectivity index is 2.38. The summed E-state index contributed by atoms with van der Waals surface area (Å²) < 4.78 is 6.19. The molecule has 0 atom stereocenters. The van der Waals surface area contributed by atoms with Crippen LogP contribution >= 0.6 is 7.94 Å². The van der Waals surface area contributed by atoms with Crippen LogP contribution in [0.15, 0.2) is 12.3 Å². The molecule has 0 aliphatic carbocycles. The summed E-state index contributed by atoms with van der Waals surface area (Å²) in [6, 6.07) is 1.54. The summed E-state index contributed by atoms with van der Waals surface area (Å²) in [4.78, 5) is 34.5. The molecule has 0 aromatic carbocycles. The van der Waals surface area contributed by atoms with Crippen LogP contribution in [0.5, 0.6) is 0 Å². The van der Waals surface area contributed by atoms with E-state index in [1.807, 2.05) is 0 Å². The largest absolute Gasteiger partial charge is 0.686 e. The van der Waals surface area contributed by atoms with Gasteiger partial charge in [0, 0.05) is 6.07 Å². The Morgan fingerprint density at radius 1 is 1.38 bits per heavy atom. The summed E-state index contributed by atoms with van der Waals surface area (Å²) in [7, 11) is -4.61.